The van der Waals surface area contributed by atoms with E-state index < -0.39 is 0 Å². The van der Waals surface area contributed by atoms with E-state index >= 15 is 0 Å². The zero-order valence-corrected chi connectivity index (χ0v) is 12.4. The standard InChI is InChI=1S/C15H14Cl2N2O/c1-19-14(8-20)12-4-2-3-11(15(12)18)10-6-5-9(16)7-13(10)17/h2-7,18-20H,8H2,1H3/b14-12-,18-15?. The summed E-state index contributed by atoms with van der Waals surface area (Å²) in [5.41, 5.74) is 3.01. The summed E-state index contributed by atoms with van der Waals surface area (Å²) in [6, 6.07) is 5.18. The van der Waals surface area contributed by atoms with E-state index in [0.29, 0.717) is 32.6 Å². The molecule has 0 atom stereocenters. The predicted octanol–water partition coefficient (Wildman–Crippen LogP) is 3.43. The molecule has 20 heavy (non-hydrogen) atoms. The van der Waals surface area contributed by atoms with Crippen LogP contribution in [0, 0.1) is 5.41 Å². The van der Waals surface area contributed by atoms with E-state index in [9.17, 15) is 5.11 Å². The fourth-order valence-electron chi connectivity index (χ4n) is 2.04. The van der Waals surface area contributed by atoms with Crippen molar-refractivity contribution in [1.29, 1.82) is 5.41 Å². The molecule has 5 heteroatoms. The molecule has 3 nitrogen and oxygen atoms in total. The third-order valence-electron chi connectivity index (χ3n) is 3.07. The molecule has 0 aliphatic heterocycles. The summed E-state index contributed by atoms with van der Waals surface area (Å²) in [5, 5.41) is 21.6. The lowest BCUT2D eigenvalue weighted by molar-refractivity contribution is 0.323. The van der Waals surface area contributed by atoms with Gasteiger partial charge < -0.3 is 10.4 Å². The van der Waals surface area contributed by atoms with Gasteiger partial charge in [-0.15, -0.1) is 0 Å². The van der Waals surface area contributed by atoms with Gasteiger partial charge in [0.2, 0.25) is 0 Å². The Bertz CT molecular complexity index is 639. The summed E-state index contributed by atoms with van der Waals surface area (Å²) < 4.78 is 0. The highest BCUT2D eigenvalue weighted by molar-refractivity contribution is 6.40. The molecule has 0 aromatic heterocycles. The Kier molecular flexibility index (Phi) is 4.65. The van der Waals surface area contributed by atoms with E-state index in [0.717, 1.165) is 5.56 Å². The molecule has 0 fully saturated rings. The molecule has 0 amide bonds. The molecular formula is C15H14Cl2N2O. The molecule has 0 saturated heterocycles. The Morgan fingerprint density at radius 3 is 2.70 bits per heavy atom. The summed E-state index contributed by atoms with van der Waals surface area (Å²) in [5.74, 6) is 0. The highest BCUT2D eigenvalue weighted by atomic mass is 35.5. The monoisotopic (exact) mass is 308 g/mol. The van der Waals surface area contributed by atoms with Crippen LogP contribution in [0.15, 0.2) is 47.7 Å². The van der Waals surface area contributed by atoms with Gasteiger partial charge in [0.15, 0.2) is 0 Å². The van der Waals surface area contributed by atoms with Crippen LogP contribution in [0.2, 0.25) is 10.0 Å². The Hall–Kier alpha value is -1.55. The van der Waals surface area contributed by atoms with Crippen LogP contribution in [0.5, 0.6) is 0 Å². The SMILES string of the molecule is CN/C(CO)=C1/C=CC=C(c2ccc(Cl)cc2Cl)C1=N. The van der Waals surface area contributed by atoms with Gasteiger partial charge in [-0.3, -0.25) is 5.41 Å². The maximum atomic E-state index is 9.33. The number of benzene rings is 1. The van der Waals surface area contributed by atoms with Crippen molar-refractivity contribution in [2.24, 2.45) is 0 Å². The predicted molar refractivity (Wildman–Crippen MR) is 84.5 cm³/mol. The van der Waals surface area contributed by atoms with Crippen LogP contribution in [-0.2, 0) is 0 Å². The normalized spacial score (nSPS) is 17.0. The number of allylic oxidation sites excluding steroid dienone is 5. The Morgan fingerprint density at radius 1 is 1.35 bits per heavy atom. The topological polar surface area (TPSA) is 56.1 Å². The van der Waals surface area contributed by atoms with E-state index in [-0.39, 0.29) is 6.61 Å². The summed E-state index contributed by atoms with van der Waals surface area (Å²) in [4.78, 5) is 0. The Labute approximate surface area is 127 Å². The van der Waals surface area contributed by atoms with Crippen molar-refractivity contribution in [2.75, 3.05) is 13.7 Å². The third-order valence-corrected chi connectivity index (χ3v) is 3.62. The van der Waals surface area contributed by atoms with Gasteiger partial charge in [-0.1, -0.05) is 47.5 Å². The average Bonchev–Trinajstić information content (AvgIpc) is 2.43. The number of nitrogens with one attached hydrogen (secondary N) is 2. The minimum Gasteiger partial charge on any atom is -0.390 e. The fraction of sp³-hybridized carbons (Fsp3) is 0.133. The van der Waals surface area contributed by atoms with Crippen molar-refractivity contribution in [1.82, 2.24) is 5.32 Å². The van der Waals surface area contributed by atoms with Gasteiger partial charge in [0, 0.05) is 39.5 Å². The van der Waals surface area contributed by atoms with Crippen molar-refractivity contribution < 1.29 is 5.11 Å². The molecular weight excluding hydrogens is 295 g/mol. The minimum atomic E-state index is -0.153. The van der Waals surface area contributed by atoms with Gasteiger partial charge in [-0.05, 0) is 12.1 Å². The van der Waals surface area contributed by atoms with Crippen molar-refractivity contribution in [3.8, 4) is 0 Å². The van der Waals surface area contributed by atoms with Crippen molar-refractivity contribution in [3.63, 3.8) is 0 Å². The van der Waals surface area contributed by atoms with Crippen LogP contribution in [0.25, 0.3) is 5.57 Å². The molecule has 3 N–H and O–H groups in total. The van der Waals surface area contributed by atoms with Crippen LogP contribution >= 0.6 is 23.2 Å². The number of halogens is 2. The highest BCUT2D eigenvalue weighted by Gasteiger charge is 2.18. The molecule has 0 heterocycles. The molecule has 0 bridgehead atoms. The first-order valence-corrected chi connectivity index (χ1v) is 6.79. The Morgan fingerprint density at radius 2 is 2.10 bits per heavy atom. The molecule has 1 aliphatic carbocycles. The van der Waals surface area contributed by atoms with Gasteiger partial charge in [-0.25, -0.2) is 0 Å². The Balaban J connectivity index is 2.49. The van der Waals surface area contributed by atoms with Gasteiger partial charge in [0.1, 0.15) is 0 Å². The first-order chi connectivity index (χ1) is 9.58. The lowest BCUT2D eigenvalue weighted by atomic mass is 9.91. The second kappa shape index (κ2) is 6.27. The van der Waals surface area contributed by atoms with Crippen LogP contribution in [0.4, 0.5) is 0 Å². The van der Waals surface area contributed by atoms with Gasteiger partial charge >= 0.3 is 0 Å². The van der Waals surface area contributed by atoms with Crippen LogP contribution in [0.1, 0.15) is 5.56 Å². The minimum absolute atomic E-state index is 0.153. The molecule has 0 spiro atoms. The summed E-state index contributed by atoms with van der Waals surface area (Å²) in [6.45, 7) is -0.153. The molecule has 0 unspecified atom stereocenters. The van der Waals surface area contributed by atoms with Crippen LogP contribution in [-0.4, -0.2) is 24.5 Å². The molecule has 104 valence electrons. The van der Waals surface area contributed by atoms with E-state index in [1.165, 1.54) is 0 Å². The van der Waals surface area contributed by atoms with Gasteiger partial charge in [0.25, 0.3) is 0 Å². The lowest BCUT2D eigenvalue weighted by Crippen LogP contribution is -2.18. The number of hydrogen-bond donors (Lipinski definition) is 3. The maximum absolute atomic E-state index is 9.33. The van der Waals surface area contributed by atoms with E-state index in [4.69, 9.17) is 28.6 Å². The zero-order chi connectivity index (χ0) is 14.7. The average molecular weight is 309 g/mol. The molecule has 1 aromatic carbocycles. The number of aliphatic hydroxyl groups excluding tert-OH is 1. The molecule has 1 aliphatic rings. The summed E-state index contributed by atoms with van der Waals surface area (Å²) >= 11 is 12.1. The highest BCUT2D eigenvalue weighted by Crippen LogP contribution is 2.31. The van der Waals surface area contributed by atoms with E-state index in [1.54, 1.807) is 31.3 Å². The van der Waals surface area contributed by atoms with E-state index in [2.05, 4.69) is 5.32 Å². The molecule has 2 rings (SSSR count). The number of likely N-dealkylation sites (N-methyl/N-ethyl adjacent to an activating group) is 1. The number of hydrogen-bond acceptors (Lipinski definition) is 3. The van der Waals surface area contributed by atoms with Gasteiger partial charge in [-0.2, -0.15) is 0 Å². The van der Waals surface area contributed by atoms with Gasteiger partial charge in [0.05, 0.1) is 12.3 Å². The number of rotatable bonds is 3. The zero-order valence-electron chi connectivity index (χ0n) is 10.9. The summed E-state index contributed by atoms with van der Waals surface area (Å²) in [6.07, 6.45) is 5.45. The smallest absolute Gasteiger partial charge is 0.0834 e. The molecule has 0 saturated carbocycles. The third kappa shape index (κ3) is 2.80. The summed E-state index contributed by atoms with van der Waals surface area (Å²) in [7, 11) is 1.72. The largest absolute Gasteiger partial charge is 0.390 e. The first-order valence-electron chi connectivity index (χ1n) is 6.03. The number of aliphatic hydroxyl groups is 1. The van der Waals surface area contributed by atoms with E-state index in [1.807, 2.05) is 12.2 Å². The van der Waals surface area contributed by atoms with Crippen molar-refractivity contribution in [3.05, 3.63) is 63.3 Å². The first kappa shape index (κ1) is 14.9. The van der Waals surface area contributed by atoms with Crippen molar-refractivity contribution in [2.45, 2.75) is 0 Å². The molecule has 0 radical (unpaired) electrons. The second-order valence-electron chi connectivity index (χ2n) is 4.24. The molecule has 1 aromatic rings. The van der Waals surface area contributed by atoms with Crippen LogP contribution < -0.4 is 5.32 Å². The van der Waals surface area contributed by atoms with Crippen molar-refractivity contribution >= 4 is 34.5 Å². The quantitative estimate of drug-likeness (QED) is 0.801. The fourth-order valence-corrected chi connectivity index (χ4v) is 2.55. The second-order valence-corrected chi connectivity index (χ2v) is 5.08. The maximum Gasteiger partial charge on any atom is 0.0834 e. The van der Waals surface area contributed by atoms with Crippen LogP contribution in [0.3, 0.4) is 0 Å². The lowest BCUT2D eigenvalue weighted by Gasteiger charge is -2.18.